The second-order valence-corrected chi connectivity index (χ2v) is 4.34. The first kappa shape index (κ1) is 12.8. The van der Waals surface area contributed by atoms with Crippen LogP contribution in [0.4, 0.5) is 0 Å². The van der Waals surface area contributed by atoms with E-state index in [4.69, 9.17) is 34.8 Å². The van der Waals surface area contributed by atoms with Gasteiger partial charge in [0.1, 0.15) is 5.94 Å². The molecule has 0 fully saturated rings. The molecule has 0 amide bonds. The predicted molar refractivity (Wildman–Crippen MR) is 50.7 cm³/mol. The van der Waals surface area contributed by atoms with Gasteiger partial charge in [0.25, 0.3) is 0 Å². The van der Waals surface area contributed by atoms with E-state index in [2.05, 4.69) is 4.74 Å². The first-order chi connectivity index (χ1) is 5.91. The van der Waals surface area contributed by atoms with E-state index in [0.717, 1.165) is 0 Å². The molecule has 0 unspecified atom stereocenters. The molecule has 0 bridgehead atoms. The Labute approximate surface area is 90.6 Å². The fraction of sp³-hybridized carbons (Fsp3) is 0.571. The molecule has 6 heteroatoms. The van der Waals surface area contributed by atoms with Crippen molar-refractivity contribution >= 4 is 46.7 Å². The zero-order valence-corrected chi connectivity index (χ0v) is 9.04. The van der Waals surface area contributed by atoms with Gasteiger partial charge in [-0.15, -0.1) is 0 Å². The Hall–Kier alpha value is -0.210. The van der Waals surface area contributed by atoms with Crippen molar-refractivity contribution in [3.8, 4) is 0 Å². The summed E-state index contributed by atoms with van der Waals surface area (Å²) in [5.41, 5.74) is -0.254. The van der Waals surface area contributed by atoms with E-state index in [1.54, 1.807) is 6.92 Å². The summed E-state index contributed by atoms with van der Waals surface area (Å²) in [7, 11) is 0. The third kappa shape index (κ3) is 5.17. The Balaban J connectivity index is 4.34. The number of ether oxygens (including phenoxy) is 1. The predicted octanol–water partition coefficient (Wildman–Crippen LogP) is 2.07. The van der Waals surface area contributed by atoms with Crippen molar-refractivity contribution in [3.05, 3.63) is 5.57 Å². The van der Waals surface area contributed by atoms with Gasteiger partial charge in [-0.1, -0.05) is 34.8 Å². The summed E-state index contributed by atoms with van der Waals surface area (Å²) in [6.07, 6.45) is -0.353. The highest BCUT2D eigenvalue weighted by Gasteiger charge is 2.29. The first-order valence-electron chi connectivity index (χ1n) is 3.38. The molecule has 0 aliphatic carbocycles. The molecule has 0 radical (unpaired) electrons. The van der Waals surface area contributed by atoms with Crippen molar-refractivity contribution in [1.82, 2.24) is 0 Å². The summed E-state index contributed by atoms with van der Waals surface area (Å²) in [6.45, 7) is 1.85. The number of hydrogen-bond donors (Lipinski definition) is 0. The van der Waals surface area contributed by atoms with Crippen molar-refractivity contribution in [2.45, 2.75) is 17.1 Å². The second kappa shape index (κ2) is 5.51. The van der Waals surface area contributed by atoms with E-state index in [-0.39, 0.29) is 18.6 Å². The Morgan fingerprint density at radius 2 is 2.00 bits per heavy atom. The number of carbonyl (C=O) groups is 1. The van der Waals surface area contributed by atoms with E-state index < -0.39 is 9.76 Å². The third-order valence-electron chi connectivity index (χ3n) is 1.09. The van der Waals surface area contributed by atoms with Crippen molar-refractivity contribution < 1.29 is 14.3 Å². The van der Waals surface area contributed by atoms with Gasteiger partial charge in [0, 0.05) is 0 Å². The van der Waals surface area contributed by atoms with Gasteiger partial charge in [-0.2, -0.15) is 0 Å². The zero-order valence-electron chi connectivity index (χ0n) is 6.77. The molecule has 0 aromatic heterocycles. The SMILES string of the molecule is CCOC(=O)CC(=C=O)C(Cl)(Cl)Cl. The smallest absolute Gasteiger partial charge is 0.310 e. The average Bonchev–Trinajstić information content (AvgIpc) is 1.98. The molecule has 74 valence electrons. The normalized spacial score (nSPS) is 10.5. The van der Waals surface area contributed by atoms with Gasteiger partial charge in [-0.25, -0.2) is 4.79 Å². The molecule has 0 rings (SSSR count). The lowest BCUT2D eigenvalue weighted by Crippen LogP contribution is -2.14. The Kier molecular flexibility index (Phi) is 5.42. The number of esters is 1. The average molecular weight is 245 g/mol. The van der Waals surface area contributed by atoms with Gasteiger partial charge in [0.2, 0.25) is 3.79 Å². The Morgan fingerprint density at radius 3 is 2.31 bits per heavy atom. The van der Waals surface area contributed by atoms with Crippen LogP contribution < -0.4 is 0 Å². The van der Waals surface area contributed by atoms with Crippen LogP contribution in [0, 0.1) is 0 Å². The monoisotopic (exact) mass is 244 g/mol. The lowest BCUT2D eigenvalue weighted by molar-refractivity contribution is -0.142. The molecule has 0 heterocycles. The van der Waals surface area contributed by atoms with Crippen LogP contribution in [-0.2, 0) is 14.3 Å². The van der Waals surface area contributed by atoms with E-state index in [1.807, 2.05) is 0 Å². The van der Waals surface area contributed by atoms with Crippen molar-refractivity contribution in [2.24, 2.45) is 0 Å². The number of hydrogen-bond acceptors (Lipinski definition) is 3. The van der Waals surface area contributed by atoms with E-state index in [1.165, 1.54) is 5.94 Å². The number of halogens is 3. The van der Waals surface area contributed by atoms with Crippen molar-refractivity contribution in [1.29, 1.82) is 0 Å². The molecule has 0 saturated heterocycles. The molecular weight excluding hydrogens is 238 g/mol. The summed E-state index contributed by atoms with van der Waals surface area (Å²) < 4.78 is 2.66. The van der Waals surface area contributed by atoms with Crippen molar-refractivity contribution in [2.75, 3.05) is 6.61 Å². The van der Waals surface area contributed by atoms with Crippen LogP contribution in [0.3, 0.4) is 0 Å². The number of alkyl halides is 3. The largest absolute Gasteiger partial charge is 0.466 e. The topological polar surface area (TPSA) is 43.4 Å². The summed E-state index contributed by atoms with van der Waals surface area (Å²) in [5, 5.41) is 0. The van der Waals surface area contributed by atoms with Crippen molar-refractivity contribution in [3.63, 3.8) is 0 Å². The van der Waals surface area contributed by atoms with Crippen LogP contribution in [0.1, 0.15) is 13.3 Å². The highest BCUT2D eigenvalue weighted by molar-refractivity contribution is 6.70. The van der Waals surface area contributed by atoms with Gasteiger partial charge >= 0.3 is 5.97 Å². The highest BCUT2D eigenvalue weighted by atomic mass is 35.6. The van der Waals surface area contributed by atoms with Crippen LogP contribution >= 0.6 is 34.8 Å². The maximum atomic E-state index is 10.9. The molecule has 0 aliphatic heterocycles. The summed E-state index contributed by atoms with van der Waals surface area (Å²) in [5.74, 6) is 0.783. The third-order valence-corrected chi connectivity index (χ3v) is 1.78. The highest BCUT2D eigenvalue weighted by Crippen LogP contribution is 2.34. The quantitative estimate of drug-likeness (QED) is 0.434. The van der Waals surface area contributed by atoms with Crippen LogP contribution in [-0.4, -0.2) is 22.3 Å². The maximum absolute atomic E-state index is 10.9. The Morgan fingerprint density at radius 1 is 1.46 bits per heavy atom. The van der Waals surface area contributed by atoms with Crippen LogP contribution in [0.25, 0.3) is 0 Å². The first-order valence-corrected chi connectivity index (χ1v) is 4.52. The molecule has 13 heavy (non-hydrogen) atoms. The zero-order chi connectivity index (χ0) is 10.5. The van der Waals surface area contributed by atoms with Gasteiger partial charge < -0.3 is 4.74 Å². The minimum absolute atomic E-state index is 0.213. The molecule has 0 spiro atoms. The van der Waals surface area contributed by atoms with Gasteiger partial charge in [0.05, 0.1) is 18.6 Å². The molecule has 0 aromatic rings. The van der Waals surface area contributed by atoms with Gasteiger partial charge in [-0.3, -0.25) is 4.79 Å². The summed E-state index contributed by atoms with van der Waals surface area (Å²) >= 11 is 16.1. The number of carbonyl (C=O) groups excluding carboxylic acids is 2. The molecule has 0 N–H and O–H groups in total. The molecule has 0 aliphatic rings. The van der Waals surface area contributed by atoms with Crippen LogP contribution in [0.5, 0.6) is 0 Å². The fourth-order valence-electron chi connectivity index (χ4n) is 0.551. The molecule has 0 saturated carbocycles. The van der Waals surface area contributed by atoms with Crippen LogP contribution in [0.2, 0.25) is 0 Å². The Bertz CT molecular complexity index is 238. The van der Waals surface area contributed by atoms with E-state index in [9.17, 15) is 9.59 Å². The van der Waals surface area contributed by atoms with Gasteiger partial charge in [-0.05, 0) is 6.92 Å². The second-order valence-electron chi connectivity index (χ2n) is 2.06. The minimum atomic E-state index is -1.89. The van der Waals surface area contributed by atoms with Crippen LogP contribution in [0.15, 0.2) is 5.57 Å². The molecule has 0 atom stereocenters. The lowest BCUT2D eigenvalue weighted by atomic mass is 10.2. The molecule has 0 aromatic carbocycles. The molecule has 3 nitrogen and oxygen atoms in total. The lowest BCUT2D eigenvalue weighted by Gasteiger charge is -2.10. The number of rotatable bonds is 3. The summed E-state index contributed by atoms with van der Waals surface area (Å²) in [4.78, 5) is 21.1. The molecular formula is C7H7Cl3O3. The van der Waals surface area contributed by atoms with E-state index >= 15 is 0 Å². The maximum Gasteiger partial charge on any atom is 0.310 e. The fourth-order valence-corrected chi connectivity index (χ4v) is 0.867. The summed E-state index contributed by atoms with van der Waals surface area (Å²) in [6, 6.07) is 0. The standard InChI is InChI=1S/C7H7Cl3O3/c1-2-13-6(12)3-5(4-11)7(8,9)10/h2-3H2,1H3. The van der Waals surface area contributed by atoms with E-state index in [0.29, 0.717) is 0 Å². The van der Waals surface area contributed by atoms with Gasteiger partial charge in [0.15, 0.2) is 0 Å². The minimum Gasteiger partial charge on any atom is -0.466 e.